The van der Waals surface area contributed by atoms with Gasteiger partial charge in [0.1, 0.15) is 0 Å². The lowest BCUT2D eigenvalue weighted by Gasteiger charge is -2.12. The highest BCUT2D eigenvalue weighted by Crippen LogP contribution is 2.28. The smallest absolute Gasteiger partial charge is 0.223 e. The molecule has 0 unspecified atom stereocenters. The molecule has 19 heavy (non-hydrogen) atoms. The summed E-state index contributed by atoms with van der Waals surface area (Å²) in [5.41, 5.74) is 0. The van der Waals surface area contributed by atoms with Gasteiger partial charge in [-0.25, -0.2) is 0 Å². The van der Waals surface area contributed by atoms with Crippen LogP contribution in [0.25, 0.3) is 0 Å². The molecular formula is C13H27IN4O. The molecule has 1 fully saturated rings. The molecule has 0 bridgehead atoms. The third-order valence-electron chi connectivity index (χ3n) is 2.96. The van der Waals surface area contributed by atoms with E-state index in [4.69, 9.17) is 0 Å². The van der Waals surface area contributed by atoms with E-state index in [0.717, 1.165) is 31.8 Å². The zero-order valence-electron chi connectivity index (χ0n) is 12.0. The number of aliphatic imine (C=N–C) groups is 1. The van der Waals surface area contributed by atoms with Crippen LogP contribution >= 0.6 is 24.0 Å². The van der Waals surface area contributed by atoms with E-state index < -0.39 is 0 Å². The van der Waals surface area contributed by atoms with Crippen molar-refractivity contribution in [3.05, 3.63) is 0 Å². The summed E-state index contributed by atoms with van der Waals surface area (Å²) in [6, 6.07) is 0. The van der Waals surface area contributed by atoms with Gasteiger partial charge in [0, 0.05) is 32.6 Å². The van der Waals surface area contributed by atoms with Crippen LogP contribution in [0.4, 0.5) is 0 Å². The van der Waals surface area contributed by atoms with Gasteiger partial charge >= 0.3 is 0 Å². The van der Waals surface area contributed by atoms with Crippen molar-refractivity contribution in [1.82, 2.24) is 16.0 Å². The highest BCUT2D eigenvalue weighted by molar-refractivity contribution is 14.0. The Kier molecular flexibility index (Phi) is 11.0. The van der Waals surface area contributed by atoms with E-state index in [9.17, 15) is 4.79 Å². The lowest BCUT2D eigenvalue weighted by molar-refractivity contribution is -0.122. The van der Waals surface area contributed by atoms with Crippen LogP contribution in [0, 0.1) is 5.92 Å². The van der Waals surface area contributed by atoms with Crippen LogP contribution < -0.4 is 16.0 Å². The number of amides is 1. The number of nitrogens with one attached hydrogen (secondary N) is 3. The number of unbranched alkanes of at least 4 members (excludes halogenated alkanes) is 2. The molecule has 0 aliphatic heterocycles. The van der Waals surface area contributed by atoms with E-state index in [-0.39, 0.29) is 35.8 Å². The molecule has 1 aliphatic carbocycles. The van der Waals surface area contributed by atoms with Crippen LogP contribution in [0.15, 0.2) is 4.99 Å². The van der Waals surface area contributed by atoms with Gasteiger partial charge < -0.3 is 16.0 Å². The van der Waals surface area contributed by atoms with Crippen molar-refractivity contribution in [2.45, 2.75) is 39.0 Å². The number of rotatable bonds is 8. The molecule has 5 nitrogen and oxygen atoms in total. The van der Waals surface area contributed by atoms with Gasteiger partial charge in [0.15, 0.2) is 5.96 Å². The van der Waals surface area contributed by atoms with E-state index >= 15 is 0 Å². The van der Waals surface area contributed by atoms with Crippen LogP contribution in [0.2, 0.25) is 0 Å². The molecule has 0 aromatic rings. The lowest BCUT2D eigenvalue weighted by Crippen LogP contribution is -2.42. The highest BCUT2D eigenvalue weighted by atomic mass is 127. The Bertz CT molecular complexity index is 280. The maximum atomic E-state index is 11.4. The first-order valence-corrected chi connectivity index (χ1v) is 7.00. The minimum atomic E-state index is 0. The number of carbonyl (C=O) groups is 1. The zero-order valence-corrected chi connectivity index (χ0v) is 14.3. The summed E-state index contributed by atoms with van der Waals surface area (Å²) in [6.45, 7) is 4.51. The Morgan fingerprint density at radius 1 is 1.11 bits per heavy atom. The Balaban J connectivity index is 0.00000324. The summed E-state index contributed by atoms with van der Waals surface area (Å²) in [4.78, 5) is 15.5. The average molecular weight is 382 g/mol. The predicted molar refractivity (Wildman–Crippen MR) is 90.0 cm³/mol. The van der Waals surface area contributed by atoms with E-state index in [1.165, 1.54) is 12.8 Å². The van der Waals surface area contributed by atoms with Gasteiger partial charge in [-0.2, -0.15) is 0 Å². The first-order valence-electron chi connectivity index (χ1n) is 7.00. The number of hydrogen-bond donors (Lipinski definition) is 3. The largest absolute Gasteiger partial charge is 0.356 e. The molecule has 0 heterocycles. The number of carbonyl (C=O) groups excluding carboxylic acids is 1. The van der Waals surface area contributed by atoms with Crippen LogP contribution in [0.3, 0.4) is 0 Å². The minimum Gasteiger partial charge on any atom is -0.356 e. The van der Waals surface area contributed by atoms with Gasteiger partial charge in [-0.3, -0.25) is 9.79 Å². The predicted octanol–water partition coefficient (Wildman–Crippen LogP) is 1.49. The van der Waals surface area contributed by atoms with E-state index in [0.29, 0.717) is 13.1 Å². The maximum Gasteiger partial charge on any atom is 0.223 e. The van der Waals surface area contributed by atoms with Gasteiger partial charge in [-0.05, 0) is 19.3 Å². The van der Waals surface area contributed by atoms with Gasteiger partial charge in [0.25, 0.3) is 0 Å². The molecular weight excluding hydrogens is 355 g/mol. The minimum absolute atomic E-state index is 0. The van der Waals surface area contributed by atoms with Crippen LogP contribution in [0.5, 0.6) is 0 Å². The molecule has 6 heteroatoms. The molecule has 1 saturated carbocycles. The average Bonchev–Trinajstić information content (AvgIpc) is 3.21. The van der Waals surface area contributed by atoms with Crippen molar-refractivity contribution >= 4 is 35.8 Å². The molecule has 112 valence electrons. The fourth-order valence-corrected chi connectivity index (χ4v) is 1.66. The van der Waals surface area contributed by atoms with Gasteiger partial charge in [-0.15, -0.1) is 24.0 Å². The van der Waals surface area contributed by atoms with Crippen LogP contribution in [0.1, 0.15) is 39.0 Å². The summed E-state index contributed by atoms with van der Waals surface area (Å²) in [6.07, 6.45) is 5.73. The zero-order chi connectivity index (χ0) is 13.2. The molecule has 1 rings (SSSR count). The summed E-state index contributed by atoms with van der Waals surface area (Å²) < 4.78 is 0. The van der Waals surface area contributed by atoms with Crippen LogP contribution in [-0.2, 0) is 4.79 Å². The van der Waals surface area contributed by atoms with Crippen molar-refractivity contribution in [3.63, 3.8) is 0 Å². The van der Waals surface area contributed by atoms with E-state index in [1.54, 1.807) is 7.05 Å². The first-order chi connectivity index (χ1) is 8.77. The van der Waals surface area contributed by atoms with Crippen molar-refractivity contribution in [3.8, 4) is 0 Å². The third-order valence-corrected chi connectivity index (χ3v) is 2.96. The first kappa shape index (κ1) is 18.5. The van der Waals surface area contributed by atoms with Crippen molar-refractivity contribution < 1.29 is 4.79 Å². The van der Waals surface area contributed by atoms with Crippen LogP contribution in [-0.4, -0.2) is 38.5 Å². The number of guanidine groups is 1. The normalized spacial score (nSPS) is 14.5. The quantitative estimate of drug-likeness (QED) is 0.258. The number of hydrogen-bond acceptors (Lipinski definition) is 2. The highest BCUT2D eigenvalue weighted by Gasteiger charge is 2.28. The summed E-state index contributed by atoms with van der Waals surface area (Å²) in [5.74, 6) is 1.30. The van der Waals surface area contributed by atoms with Crippen molar-refractivity contribution in [2.75, 3.05) is 26.7 Å². The lowest BCUT2D eigenvalue weighted by atomic mass is 10.2. The number of nitrogens with zero attached hydrogens (tertiary/aromatic N) is 1. The fourth-order valence-electron chi connectivity index (χ4n) is 1.66. The molecule has 0 atom stereocenters. The SMILES string of the molecule is CCCCCNC(=NC)NCCNC(=O)C1CC1.I. The topological polar surface area (TPSA) is 65.5 Å². The number of halogens is 1. The molecule has 0 aromatic carbocycles. The fraction of sp³-hybridized carbons (Fsp3) is 0.846. The summed E-state index contributed by atoms with van der Waals surface area (Å²) in [5, 5.41) is 9.36. The van der Waals surface area contributed by atoms with Crippen molar-refractivity contribution in [2.24, 2.45) is 10.9 Å². The second-order valence-corrected chi connectivity index (χ2v) is 4.70. The van der Waals surface area contributed by atoms with Gasteiger partial charge in [-0.1, -0.05) is 19.8 Å². The maximum absolute atomic E-state index is 11.4. The van der Waals surface area contributed by atoms with Gasteiger partial charge in [0.05, 0.1) is 0 Å². The second-order valence-electron chi connectivity index (χ2n) is 4.70. The second kappa shape index (κ2) is 11.3. The Hall–Kier alpha value is -0.530. The molecule has 3 N–H and O–H groups in total. The van der Waals surface area contributed by atoms with Crippen molar-refractivity contribution in [1.29, 1.82) is 0 Å². The third kappa shape index (κ3) is 9.07. The molecule has 0 spiro atoms. The van der Waals surface area contributed by atoms with E-state index in [1.807, 2.05) is 0 Å². The molecule has 0 radical (unpaired) electrons. The monoisotopic (exact) mass is 382 g/mol. The Morgan fingerprint density at radius 2 is 1.74 bits per heavy atom. The summed E-state index contributed by atoms with van der Waals surface area (Å²) >= 11 is 0. The summed E-state index contributed by atoms with van der Waals surface area (Å²) in [7, 11) is 1.76. The molecule has 0 saturated heterocycles. The van der Waals surface area contributed by atoms with E-state index in [2.05, 4.69) is 27.9 Å². The Morgan fingerprint density at radius 3 is 2.32 bits per heavy atom. The Labute approximate surface area is 133 Å². The standard InChI is InChI=1S/C13H26N4O.HI/c1-3-4-5-8-16-13(14-2)17-10-9-15-12(18)11-6-7-11;/h11H,3-10H2,1-2H3,(H,15,18)(H2,14,16,17);1H. The molecule has 0 aromatic heterocycles. The van der Waals surface area contributed by atoms with Gasteiger partial charge in [0.2, 0.25) is 5.91 Å². The molecule has 1 aliphatic rings. The molecule has 1 amide bonds.